The van der Waals surface area contributed by atoms with Crippen LogP contribution in [-0.4, -0.2) is 41.2 Å². The number of halogens is 1. The zero-order valence-corrected chi connectivity index (χ0v) is 7.86. The molecule has 0 aromatic carbocycles. The van der Waals surface area contributed by atoms with Crippen LogP contribution < -0.4 is 5.73 Å². The van der Waals surface area contributed by atoms with Crippen LogP contribution in [0.15, 0.2) is 0 Å². The predicted octanol–water partition coefficient (Wildman–Crippen LogP) is -0.00120. The highest BCUT2D eigenvalue weighted by molar-refractivity contribution is 6.45. The molecule has 4 atom stereocenters. The van der Waals surface area contributed by atoms with E-state index in [1.54, 1.807) is 6.82 Å². The number of fused-ring (bicyclic) bond motifs is 2. The van der Waals surface area contributed by atoms with Crippen LogP contribution in [0.2, 0.25) is 6.82 Å². The maximum absolute atomic E-state index is 13.6. The van der Waals surface area contributed by atoms with Gasteiger partial charge < -0.3 is 15.6 Å². The molecule has 2 saturated heterocycles. The van der Waals surface area contributed by atoms with Crippen molar-refractivity contribution >= 4 is 7.05 Å². The van der Waals surface area contributed by atoms with Gasteiger partial charge in [-0.2, -0.15) is 0 Å². The Labute approximate surface area is 78.2 Å². The first-order valence-electron chi connectivity index (χ1n) is 4.96. The van der Waals surface area contributed by atoms with Crippen LogP contribution in [0, 0.1) is 0 Å². The summed E-state index contributed by atoms with van der Waals surface area (Å²) < 4.78 is 13.6. The summed E-state index contributed by atoms with van der Waals surface area (Å²) in [6.07, 6.45) is 1.53. The third kappa shape index (κ3) is 1.39. The monoisotopic (exact) mass is 186 g/mol. The number of piperidine rings is 1. The number of alkyl halides is 1. The number of rotatable bonds is 1. The number of hydrogen-bond acceptors (Lipinski definition) is 3. The first-order valence-corrected chi connectivity index (χ1v) is 4.96. The van der Waals surface area contributed by atoms with Gasteiger partial charge in [0.15, 0.2) is 0 Å². The quantitative estimate of drug-likeness (QED) is 0.566. The fourth-order valence-corrected chi connectivity index (χ4v) is 2.81. The van der Waals surface area contributed by atoms with E-state index in [2.05, 4.69) is 0 Å². The molecule has 2 bridgehead atoms. The average molecular weight is 186 g/mol. The van der Waals surface area contributed by atoms with Crippen molar-refractivity contribution in [3.63, 3.8) is 0 Å². The van der Waals surface area contributed by atoms with Crippen LogP contribution in [0.3, 0.4) is 0 Å². The van der Waals surface area contributed by atoms with Gasteiger partial charge in [-0.1, -0.05) is 0 Å². The van der Waals surface area contributed by atoms with E-state index >= 15 is 0 Å². The van der Waals surface area contributed by atoms with Crippen molar-refractivity contribution in [3.05, 3.63) is 0 Å². The second kappa shape index (κ2) is 3.22. The van der Waals surface area contributed by atoms with Gasteiger partial charge >= 0.3 is 7.05 Å². The molecule has 2 unspecified atom stereocenters. The molecule has 3 nitrogen and oxygen atoms in total. The van der Waals surface area contributed by atoms with Crippen LogP contribution >= 0.6 is 0 Å². The summed E-state index contributed by atoms with van der Waals surface area (Å²) in [6, 6.07) is -0.173. The van der Waals surface area contributed by atoms with E-state index in [9.17, 15) is 9.41 Å². The van der Waals surface area contributed by atoms with Gasteiger partial charge in [-0.3, -0.25) is 0 Å². The molecule has 2 heterocycles. The predicted molar refractivity (Wildman–Crippen MR) is 50.0 cm³/mol. The minimum absolute atomic E-state index is 0.145. The van der Waals surface area contributed by atoms with Gasteiger partial charge in [0.2, 0.25) is 0 Å². The summed E-state index contributed by atoms with van der Waals surface area (Å²) >= 11 is 0. The van der Waals surface area contributed by atoms with Gasteiger partial charge in [0.1, 0.15) is 6.17 Å². The lowest BCUT2D eigenvalue weighted by Gasteiger charge is -2.40. The molecule has 2 aliphatic heterocycles. The van der Waals surface area contributed by atoms with E-state index in [0.717, 1.165) is 12.8 Å². The Bertz CT molecular complexity index is 205. The van der Waals surface area contributed by atoms with E-state index in [-0.39, 0.29) is 12.1 Å². The molecule has 2 rings (SSSR count). The maximum Gasteiger partial charge on any atom is 0.376 e. The molecule has 0 aliphatic carbocycles. The summed E-state index contributed by atoms with van der Waals surface area (Å²) in [4.78, 5) is 1.88. The molecule has 0 aromatic rings. The molecule has 2 aliphatic rings. The van der Waals surface area contributed by atoms with Crippen molar-refractivity contribution in [2.75, 3.05) is 0 Å². The topological polar surface area (TPSA) is 49.5 Å². The Balaban J connectivity index is 2.16. The second-order valence-corrected chi connectivity index (χ2v) is 4.22. The van der Waals surface area contributed by atoms with Crippen LogP contribution in [-0.2, 0) is 0 Å². The van der Waals surface area contributed by atoms with Gasteiger partial charge in [0, 0.05) is 18.1 Å². The third-order valence-corrected chi connectivity index (χ3v) is 3.35. The van der Waals surface area contributed by atoms with Crippen LogP contribution in [0.5, 0.6) is 0 Å². The molecule has 5 heteroatoms. The highest BCUT2D eigenvalue weighted by Gasteiger charge is 2.48. The Morgan fingerprint density at radius 1 is 1.54 bits per heavy atom. The number of nitrogens with two attached hydrogens (primary N) is 1. The van der Waals surface area contributed by atoms with E-state index in [1.807, 2.05) is 4.81 Å². The fourth-order valence-electron chi connectivity index (χ4n) is 2.81. The maximum atomic E-state index is 13.6. The largest absolute Gasteiger partial charge is 0.437 e. The van der Waals surface area contributed by atoms with E-state index in [4.69, 9.17) is 5.73 Å². The van der Waals surface area contributed by atoms with Crippen molar-refractivity contribution < 1.29 is 9.41 Å². The van der Waals surface area contributed by atoms with E-state index < -0.39 is 13.2 Å². The number of nitrogens with zero attached hydrogens (tertiary/aromatic N) is 1. The molecule has 0 saturated carbocycles. The summed E-state index contributed by atoms with van der Waals surface area (Å²) in [7, 11) is -0.539. The number of hydrogen-bond donors (Lipinski definition) is 2. The molecule has 0 amide bonds. The van der Waals surface area contributed by atoms with Gasteiger partial charge in [0.25, 0.3) is 0 Å². The van der Waals surface area contributed by atoms with Gasteiger partial charge in [0.05, 0.1) is 0 Å². The van der Waals surface area contributed by atoms with Crippen LogP contribution in [0.1, 0.15) is 19.3 Å². The molecular formula is C8H16BFN2O. The average Bonchev–Trinajstić information content (AvgIpc) is 2.40. The summed E-state index contributed by atoms with van der Waals surface area (Å²) in [6.45, 7) is 1.70. The second-order valence-electron chi connectivity index (χ2n) is 4.22. The smallest absolute Gasteiger partial charge is 0.376 e. The van der Waals surface area contributed by atoms with Crippen molar-refractivity contribution in [2.45, 2.75) is 50.4 Å². The standard InChI is InChI=1S/C8H16BFN2O/c1-9(13)12-5-2-3-7(12)8(10)6(11)4-5/h5-8,13H,2-4,11H2,1H3/t5?,6-,7?,8-/m1/s1. The molecule has 3 N–H and O–H groups in total. The summed E-state index contributed by atoms with van der Waals surface area (Å²) in [5, 5.41) is 9.48. The lowest BCUT2D eigenvalue weighted by Crippen LogP contribution is -2.59. The SMILES string of the molecule is CB(O)N1C2CCC1[C@H](F)[C@H](N)C2. The third-order valence-electron chi connectivity index (χ3n) is 3.35. The molecule has 0 aromatic heterocycles. The lowest BCUT2D eigenvalue weighted by molar-refractivity contribution is 0.0987. The van der Waals surface area contributed by atoms with Gasteiger partial charge in [-0.15, -0.1) is 0 Å². The Hall–Kier alpha value is -0.125. The van der Waals surface area contributed by atoms with Crippen molar-refractivity contribution in [1.29, 1.82) is 0 Å². The highest BCUT2D eigenvalue weighted by atomic mass is 19.1. The molecule has 0 spiro atoms. The zero-order chi connectivity index (χ0) is 9.59. The lowest BCUT2D eigenvalue weighted by atomic mass is 9.78. The van der Waals surface area contributed by atoms with Crippen molar-refractivity contribution in [2.24, 2.45) is 5.73 Å². The molecule has 0 radical (unpaired) electrons. The summed E-state index contributed by atoms with van der Waals surface area (Å²) in [5.41, 5.74) is 5.68. The first kappa shape index (κ1) is 9.43. The minimum atomic E-state index is -0.964. The van der Waals surface area contributed by atoms with Gasteiger partial charge in [-0.05, 0) is 26.1 Å². The summed E-state index contributed by atoms with van der Waals surface area (Å²) in [5.74, 6) is 0. The first-order chi connectivity index (χ1) is 6.11. The van der Waals surface area contributed by atoms with Crippen molar-refractivity contribution in [1.82, 2.24) is 4.81 Å². The zero-order valence-electron chi connectivity index (χ0n) is 7.86. The molecule has 2 fully saturated rings. The van der Waals surface area contributed by atoms with Crippen LogP contribution in [0.4, 0.5) is 4.39 Å². The molecule has 13 heavy (non-hydrogen) atoms. The normalized spacial score (nSPS) is 45.2. The van der Waals surface area contributed by atoms with Gasteiger partial charge in [-0.25, -0.2) is 4.39 Å². The highest BCUT2D eigenvalue weighted by Crippen LogP contribution is 2.36. The Morgan fingerprint density at radius 3 is 2.85 bits per heavy atom. The van der Waals surface area contributed by atoms with Crippen molar-refractivity contribution in [3.8, 4) is 0 Å². The minimum Gasteiger partial charge on any atom is -0.437 e. The fraction of sp³-hybridized carbons (Fsp3) is 1.00. The molecular weight excluding hydrogens is 170 g/mol. The van der Waals surface area contributed by atoms with E-state index in [0.29, 0.717) is 12.5 Å². The van der Waals surface area contributed by atoms with Crippen LogP contribution in [0.25, 0.3) is 0 Å². The molecule has 74 valence electrons. The van der Waals surface area contributed by atoms with E-state index in [1.165, 1.54) is 0 Å². The Morgan fingerprint density at radius 2 is 2.23 bits per heavy atom. The Kier molecular flexibility index (Phi) is 2.34.